The molecule has 0 amide bonds. The molecule has 102 valence electrons. The van der Waals surface area contributed by atoms with Crippen LogP contribution < -0.4 is 10.5 Å². The first-order valence-corrected chi connectivity index (χ1v) is 6.23. The fraction of sp³-hybridized carbons (Fsp3) is 0.357. The molecule has 0 spiro atoms. The zero-order valence-electron chi connectivity index (χ0n) is 11.2. The first kappa shape index (κ1) is 13.4. The first-order chi connectivity index (χ1) is 9.27. The molecule has 5 nitrogen and oxygen atoms in total. The number of rotatable bonds is 6. The van der Waals surface area contributed by atoms with Crippen molar-refractivity contribution in [1.29, 1.82) is 0 Å². The molecule has 0 fully saturated rings. The summed E-state index contributed by atoms with van der Waals surface area (Å²) in [4.78, 5) is 0. The molecule has 0 unspecified atom stereocenters. The minimum Gasteiger partial charge on any atom is -0.496 e. The number of para-hydroxylation sites is 1. The van der Waals surface area contributed by atoms with E-state index in [4.69, 9.17) is 19.7 Å². The number of methoxy groups -OCH3 is 1. The number of benzene rings is 1. The first-order valence-electron chi connectivity index (χ1n) is 6.23. The largest absolute Gasteiger partial charge is 0.496 e. The van der Waals surface area contributed by atoms with Gasteiger partial charge in [0.25, 0.3) is 0 Å². The van der Waals surface area contributed by atoms with Crippen molar-refractivity contribution in [2.24, 2.45) is 0 Å². The molecule has 0 aliphatic rings. The minimum absolute atomic E-state index is 0.302. The van der Waals surface area contributed by atoms with Gasteiger partial charge in [-0.3, -0.25) is 0 Å². The van der Waals surface area contributed by atoms with Gasteiger partial charge in [-0.2, -0.15) is 0 Å². The number of ether oxygens (including phenoxy) is 2. The number of nitrogen functional groups attached to an aromatic ring is 1. The smallest absolute Gasteiger partial charge is 0.230 e. The summed E-state index contributed by atoms with van der Waals surface area (Å²) in [6.07, 6.45) is 0.655. The Morgan fingerprint density at radius 1 is 1.32 bits per heavy atom. The lowest BCUT2D eigenvalue weighted by Crippen LogP contribution is -2.00. The van der Waals surface area contributed by atoms with E-state index in [1.807, 2.05) is 31.2 Å². The molecule has 0 bridgehead atoms. The van der Waals surface area contributed by atoms with Gasteiger partial charge in [-0.05, 0) is 13.0 Å². The third kappa shape index (κ3) is 2.88. The van der Waals surface area contributed by atoms with Crippen molar-refractivity contribution in [1.82, 2.24) is 5.16 Å². The third-order valence-electron chi connectivity index (χ3n) is 2.85. The third-order valence-corrected chi connectivity index (χ3v) is 2.85. The van der Waals surface area contributed by atoms with Crippen LogP contribution in [0.5, 0.6) is 5.75 Å². The molecule has 2 aromatic rings. The second kappa shape index (κ2) is 6.24. The Kier molecular flexibility index (Phi) is 4.41. The summed E-state index contributed by atoms with van der Waals surface area (Å²) in [6, 6.07) is 7.66. The number of hydrogen-bond donors (Lipinski definition) is 1. The lowest BCUT2D eigenvalue weighted by Gasteiger charge is -2.08. The van der Waals surface area contributed by atoms with E-state index >= 15 is 0 Å². The van der Waals surface area contributed by atoms with Crippen molar-refractivity contribution >= 4 is 5.88 Å². The number of anilines is 1. The van der Waals surface area contributed by atoms with Gasteiger partial charge < -0.3 is 19.7 Å². The lowest BCUT2D eigenvalue weighted by atomic mass is 10.0. The van der Waals surface area contributed by atoms with Crippen LogP contribution in [0.2, 0.25) is 0 Å². The number of hydrogen-bond acceptors (Lipinski definition) is 5. The molecule has 0 saturated carbocycles. The SMILES string of the molecule is CCOCCc1noc(N)c1-c1ccccc1OC. The van der Waals surface area contributed by atoms with Gasteiger partial charge in [0, 0.05) is 18.6 Å². The van der Waals surface area contributed by atoms with E-state index in [9.17, 15) is 0 Å². The standard InChI is InChI=1S/C14H18N2O3/c1-3-18-9-8-11-13(14(15)19-16-11)10-6-4-5-7-12(10)17-2/h4-7H,3,8-9,15H2,1-2H3. The Bertz CT molecular complexity index is 537. The summed E-state index contributed by atoms with van der Waals surface area (Å²) in [5.74, 6) is 1.05. The predicted molar refractivity (Wildman–Crippen MR) is 73.1 cm³/mol. The molecule has 0 aliphatic heterocycles. The summed E-state index contributed by atoms with van der Waals surface area (Å²) in [5.41, 5.74) is 8.34. The number of nitrogens with two attached hydrogens (primary N) is 1. The lowest BCUT2D eigenvalue weighted by molar-refractivity contribution is 0.149. The molecule has 0 saturated heterocycles. The molecule has 0 aliphatic carbocycles. The van der Waals surface area contributed by atoms with E-state index in [1.54, 1.807) is 7.11 Å². The minimum atomic E-state index is 0.302. The van der Waals surface area contributed by atoms with E-state index in [0.29, 0.717) is 25.5 Å². The molecule has 2 N–H and O–H groups in total. The quantitative estimate of drug-likeness (QED) is 0.810. The summed E-state index contributed by atoms with van der Waals surface area (Å²) < 4.78 is 15.8. The van der Waals surface area contributed by atoms with Gasteiger partial charge in [0.1, 0.15) is 5.75 Å². The Morgan fingerprint density at radius 3 is 2.84 bits per heavy atom. The maximum Gasteiger partial charge on any atom is 0.230 e. The van der Waals surface area contributed by atoms with Crippen LogP contribution in [0.3, 0.4) is 0 Å². The average molecular weight is 262 g/mol. The van der Waals surface area contributed by atoms with E-state index in [-0.39, 0.29) is 0 Å². The van der Waals surface area contributed by atoms with Crippen LogP contribution >= 0.6 is 0 Å². The molecular formula is C14H18N2O3. The molecule has 1 aromatic heterocycles. The Labute approximate surface area is 112 Å². The highest BCUT2D eigenvalue weighted by molar-refractivity contribution is 5.79. The highest BCUT2D eigenvalue weighted by atomic mass is 16.5. The molecule has 1 aromatic carbocycles. The van der Waals surface area contributed by atoms with Crippen molar-refractivity contribution in [3.8, 4) is 16.9 Å². The van der Waals surface area contributed by atoms with E-state index in [1.165, 1.54) is 0 Å². The Morgan fingerprint density at radius 2 is 2.11 bits per heavy atom. The van der Waals surface area contributed by atoms with E-state index < -0.39 is 0 Å². The van der Waals surface area contributed by atoms with Crippen LogP contribution in [0.1, 0.15) is 12.6 Å². The highest BCUT2D eigenvalue weighted by Gasteiger charge is 2.18. The molecular weight excluding hydrogens is 244 g/mol. The van der Waals surface area contributed by atoms with E-state index in [0.717, 1.165) is 22.6 Å². The highest BCUT2D eigenvalue weighted by Crippen LogP contribution is 2.36. The molecule has 5 heteroatoms. The Hall–Kier alpha value is -2.01. The number of nitrogens with zero attached hydrogens (tertiary/aromatic N) is 1. The summed E-state index contributed by atoms with van der Waals surface area (Å²) >= 11 is 0. The van der Waals surface area contributed by atoms with Gasteiger partial charge in [0.05, 0.1) is 25.0 Å². The summed E-state index contributed by atoms with van der Waals surface area (Å²) in [5, 5.41) is 4.00. The van der Waals surface area contributed by atoms with Gasteiger partial charge in [-0.15, -0.1) is 0 Å². The van der Waals surface area contributed by atoms with Gasteiger partial charge in [0.2, 0.25) is 5.88 Å². The molecule has 2 rings (SSSR count). The average Bonchev–Trinajstić information content (AvgIpc) is 2.80. The number of aromatic nitrogens is 1. The van der Waals surface area contributed by atoms with Crippen LogP contribution in [-0.2, 0) is 11.2 Å². The molecule has 0 atom stereocenters. The fourth-order valence-corrected chi connectivity index (χ4v) is 1.96. The van der Waals surface area contributed by atoms with Crippen LogP contribution in [-0.4, -0.2) is 25.5 Å². The topological polar surface area (TPSA) is 70.5 Å². The predicted octanol–water partition coefficient (Wildman–Crippen LogP) is 2.51. The zero-order chi connectivity index (χ0) is 13.7. The summed E-state index contributed by atoms with van der Waals surface area (Å²) in [6.45, 7) is 3.22. The van der Waals surface area contributed by atoms with Gasteiger partial charge >= 0.3 is 0 Å². The fourth-order valence-electron chi connectivity index (χ4n) is 1.96. The van der Waals surface area contributed by atoms with E-state index in [2.05, 4.69) is 5.16 Å². The van der Waals surface area contributed by atoms with Gasteiger partial charge in [-0.1, -0.05) is 23.4 Å². The van der Waals surface area contributed by atoms with Gasteiger partial charge in [-0.25, -0.2) is 0 Å². The molecule has 1 heterocycles. The van der Waals surface area contributed by atoms with Crippen molar-refractivity contribution in [2.75, 3.05) is 26.1 Å². The molecule has 0 radical (unpaired) electrons. The van der Waals surface area contributed by atoms with Crippen LogP contribution in [0.25, 0.3) is 11.1 Å². The van der Waals surface area contributed by atoms with Crippen LogP contribution in [0.4, 0.5) is 5.88 Å². The molecule has 19 heavy (non-hydrogen) atoms. The zero-order valence-corrected chi connectivity index (χ0v) is 11.2. The second-order valence-corrected chi connectivity index (χ2v) is 4.02. The van der Waals surface area contributed by atoms with Crippen LogP contribution in [0.15, 0.2) is 28.8 Å². The maximum atomic E-state index is 5.88. The van der Waals surface area contributed by atoms with Crippen molar-refractivity contribution in [3.63, 3.8) is 0 Å². The normalized spacial score (nSPS) is 10.6. The van der Waals surface area contributed by atoms with Crippen molar-refractivity contribution in [2.45, 2.75) is 13.3 Å². The summed E-state index contributed by atoms with van der Waals surface area (Å²) in [7, 11) is 1.63. The van der Waals surface area contributed by atoms with Gasteiger partial charge in [0.15, 0.2) is 0 Å². The maximum absolute atomic E-state index is 5.88. The van der Waals surface area contributed by atoms with Crippen molar-refractivity contribution in [3.05, 3.63) is 30.0 Å². The Balaban J connectivity index is 2.35. The van der Waals surface area contributed by atoms with Crippen molar-refractivity contribution < 1.29 is 14.0 Å². The van der Waals surface area contributed by atoms with Crippen LogP contribution in [0, 0.1) is 0 Å². The second-order valence-electron chi connectivity index (χ2n) is 4.02. The monoisotopic (exact) mass is 262 g/mol.